The number of benzene rings is 1. The number of carboxylic acids is 1. The highest BCUT2D eigenvalue weighted by atomic mass is 35.5. The van der Waals surface area contributed by atoms with Crippen LogP contribution in [0.25, 0.3) is 0 Å². The zero-order valence-corrected chi connectivity index (χ0v) is 12.1. The number of nitrogens with one attached hydrogen (secondary N) is 1. The van der Waals surface area contributed by atoms with E-state index in [-0.39, 0.29) is 12.0 Å². The summed E-state index contributed by atoms with van der Waals surface area (Å²) in [5, 5.41) is 13.2. The van der Waals surface area contributed by atoms with E-state index in [0.717, 1.165) is 23.7 Å². The molecule has 20 heavy (non-hydrogen) atoms. The van der Waals surface area contributed by atoms with Crippen molar-refractivity contribution in [2.45, 2.75) is 25.3 Å². The third kappa shape index (κ3) is 2.50. The molecule has 5 heteroatoms. The summed E-state index contributed by atoms with van der Waals surface area (Å²) in [5.74, 6) is -1.04. The third-order valence-corrected chi connectivity index (χ3v) is 4.63. The molecule has 0 spiro atoms. The molecular weight excluding hydrogens is 276 g/mol. The van der Waals surface area contributed by atoms with Crippen LogP contribution in [-0.4, -0.2) is 30.7 Å². The van der Waals surface area contributed by atoms with Crippen LogP contribution in [0.15, 0.2) is 18.2 Å². The van der Waals surface area contributed by atoms with Gasteiger partial charge in [0.2, 0.25) is 0 Å². The van der Waals surface area contributed by atoms with Crippen LogP contribution in [0.3, 0.4) is 0 Å². The van der Waals surface area contributed by atoms with E-state index < -0.39 is 5.97 Å². The van der Waals surface area contributed by atoms with Crippen molar-refractivity contribution in [1.29, 1.82) is 0 Å². The van der Waals surface area contributed by atoms with Gasteiger partial charge < -0.3 is 15.3 Å². The minimum atomic E-state index is -0.727. The molecule has 0 amide bonds. The minimum absolute atomic E-state index is 0.0420. The van der Waals surface area contributed by atoms with Crippen molar-refractivity contribution < 1.29 is 9.90 Å². The maximum atomic E-state index is 11.1. The van der Waals surface area contributed by atoms with Crippen LogP contribution in [0.5, 0.6) is 0 Å². The Bertz CT molecular complexity index is 515. The van der Waals surface area contributed by atoms with Gasteiger partial charge in [0.1, 0.15) is 0 Å². The number of halogens is 1. The van der Waals surface area contributed by atoms with Gasteiger partial charge in [0.05, 0.1) is 5.92 Å². The zero-order valence-electron chi connectivity index (χ0n) is 11.3. The summed E-state index contributed by atoms with van der Waals surface area (Å²) in [4.78, 5) is 13.5. The molecule has 2 saturated heterocycles. The summed E-state index contributed by atoms with van der Waals surface area (Å²) in [7, 11) is 0. The second-order valence-corrected chi connectivity index (χ2v) is 6.01. The fourth-order valence-electron chi connectivity index (χ4n) is 3.25. The first-order valence-electron chi connectivity index (χ1n) is 7.16. The number of anilines is 1. The molecule has 2 heterocycles. The Hall–Kier alpha value is -1.26. The normalized spacial score (nSPS) is 26.1. The largest absolute Gasteiger partial charge is 0.481 e. The number of carboxylic acid groups (broad SMARTS) is 1. The van der Waals surface area contributed by atoms with Crippen molar-refractivity contribution in [2.24, 2.45) is 5.92 Å². The van der Waals surface area contributed by atoms with E-state index in [4.69, 9.17) is 16.7 Å². The molecule has 2 aliphatic heterocycles. The van der Waals surface area contributed by atoms with Crippen LogP contribution in [0.1, 0.15) is 30.9 Å². The molecule has 0 aliphatic carbocycles. The minimum Gasteiger partial charge on any atom is -0.481 e. The first kappa shape index (κ1) is 13.7. The van der Waals surface area contributed by atoms with Crippen LogP contribution in [0.4, 0.5) is 5.69 Å². The summed E-state index contributed by atoms with van der Waals surface area (Å²) in [6.45, 7) is 2.63. The monoisotopic (exact) mass is 294 g/mol. The Morgan fingerprint density at radius 1 is 1.35 bits per heavy atom. The lowest BCUT2D eigenvalue weighted by Gasteiger charge is -2.25. The van der Waals surface area contributed by atoms with E-state index in [0.29, 0.717) is 13.0 Å². The van der Waals surface area contributed by atoms with Gasteiger partial charge in [-0.25, -0.2) is 0 Å². The Labute approximate surface area is 123 Å². The van der Waals surface area contributed by atoms with Crippen LogP contribution >= 0.6 is 11.6 Å². The standard InChI is InChI=1S/C15H19ClN2O2/c16-11-4-3-5-13(18-6-1-2-7-18)14(11)12-8-10(9-17-12)15(19)20/h3-5,10,12,17H,1-2,6-9H2,(H,19,20). The van der Waals surface area contributed by atoms with Crippen LogP contribution < -0.4 is 10.2 Å². The van der Waals surface area contributed by atoms with Gasteiger partial charge in [0.25, 0.3) is 0 Å². The molecule has 2 fully saturated rings. The molecule has 108 valence electrons. The quantitative estimate of drug-likeness (QED) is 0.900. The Kier molecular flexibility index (Phi) is 3.85. The fourth-order valence-corrected chi connectivity index (χ4v) is 3.55. The molecular formula is C15H19ClN2O2. The summed E-state index contributed by atoms with van der Waals surface area (Å²) in [6.07, 6.45) is 3.03. The molecule has 4 nitrogen and oxygen atoms in total. The van der Waals surface area contributed by atoms with E-state index in [9.17, 15) is 4.79 Å². The van der Waals surface area contributed by atoms with Crippen molar-refractivity contribution in [3.05, 3.63) is 28.8 Å². The van der Waals surface area contributed by atoms with Crippen molar-refractivity contribution in [3.63, 3.8) is 0 Å². The zero-order chi connectivity index (χ0) is 14.1. The SMILES string of the molecule is O=C(O)C1CNC(c2c(Cl)cccc2N2CCCC2)C1. The van der Waals surface area contributed by atoms with Crippen molar-refractivity contribution in [1.82, 2.24) is 5.32 Å². The fraction of sp³-hybridized carbons (Fsp3) is 0.533. The molecule has 1 aromatic carbocycles. The molecule has 2 unspecified atom stereocenters. The summed E-state index contributed by atoms with van der Waals surface area (Å²) in [5.41, 5.74) is 2.23. The van der Waals surface area contributed by atoms with Gasteiger partial charge >= 0.3 is 5.97 Å². The van der Waals surface area contributed by atoms with Crippen molar-refractivity contribution >= 4 is 23.3 Å². The second kappa shape index (κ2) is 5.62. The van der Waals surface area contributed by atoms with E-state index in [1.54, 1.807) is 0 Å². The highest BCUT2D eigenvalue weighted by molar-refractivity contribution is 6.31. The average Bonchev–Trinajstić information content (AvgIpc) is 3.10. The van der Waals surface area contributed by atoms with Gasteiger partial charge in [0, 0.05) is 41.9 Å². The number of hydrogen-bond acceptors (Lipinski definition) is 3. The molecule has 3 rings (SSSR count). The molecule has 2 N–H and O–H groups in total. The van der Waals surface area contributed by atoms with Gasteiger partial charge in [-0.15, -0.1) is 0 Å². The molecule has 0 aromatic heterocycles. The maximum Gasteiger partial charge on any atom is 0.307 e. The molecule has 0 radical (unpaired) electrons. The summed E-state index contributed by atoms with van der Waals surface area (Å²) >= 11 is 6.40. The Balaban J connectivity index is 1.90. The van der Waals surface area contributed by atoms with Gasteiger partial charge in [-0.1, -0.05) is 17.7 Å². The average molecular weight is 295 g/mol. The smallest absolute Gasteiger partial charge is 0.307 e. The second-order valence-electron chi connectivity index (χ2n) is 5.60. The van der Waals surface area contributed by atoms with E-state index in [1.807, 2.05) is 12.1 Å². The number of hydrogen-bond donors (Lipinski definition) is 2. The predicted molar refractivity (Wildman–Crippen MR) is 79.4 cm³/mol. The highest BCUT2D eigenvalue weighted by Gasteiger charge is 2.33. The van der Waals surface area contributed by atoms with Crippen LogP contribution in [0.2, 0.25) is 5.02 Å². The van der Waals surface area contributed by atoms with Crippen molar-refractivity contribution in [2.75, 3.05) is 24.5 Å². The number of nitrogens with zero attached hydrogens (tertiary/aromatic N) is 1. The lowest BCUT2D eigenvalue weighted by molar-refractivity contribution is -0.141. The summed E-state index contributed by atoms with van der Waals surface area (Å²) < 4.78 is 0. The topological polar surface area (TPSA) is 52.6 Å². The molecule has 0 bridgehead atoms. The van der Waals surface area contributed by atoms with Crippen LogP contribution in [0, 0.1) is 5.92 Å². The van der Waals surface area contributed by atoms with Crippen LogP contribution in [-0.2, 0) is 4.79 Å². The molecule has 2 aliphatic rings. The number of aliphatic carboxylic acids is 1. The first-order chi connectivity index (χ1) is 9.66. The number of rotatable bonds is 3. The summed E-state index contributed by atoms with van der Waals surface area (Å²) in [6, 6.07) is 6.01. The first-order valence-corrected chi connectivity index (χ1v) is 7.54. The van der Waals surface area contributed by atoms with Gasteiger partial charge in [0.15, 0.2) is 0 Å². The molecule has 1 aromatic rings. The van der Waals surface area contributed by atoms with Gasteiger partial charge in [-0.05, 0) is 31.4 Å². The van der Waals surface area contributed by atoms with Gasteiger partial charge in [-0.3, -0.25) is 4.79 Å². The molecule has 2 atom stereocenters. The van der Waals surface area contributed by atoms with E-state index in [2.05, 4.69) is 16.3 Å². The number of carbonyl (C=O) groups is 1. The Morgan fingerprint density at radius 2 is 2.10 bits per heavy atom. The predicted octanol–water partition coefficient (Wildman–Crippen LogP) is 2.68. The van der Waals surface area contributed by atoms with E-state index in [1.165, 1.54) is 18.5 Å². The lowest BCUT2D eigenvalue weighted by Crippen LogP contribution is -2.23. The van der Waals surface area contributed by atoms with Crippen molar-refractivity contribution in [3.8, 4) is 0 Å². The maximum absolute atomic E-state index is 11.1. The van der Waals surface area contributed by atoms with Gasteiger partial charge in [-0.2, -0.15) is 0 Å². The third-order valence-electron chi connectivity index (χ3n) is 4.31. The Morgan fingerprint density at radius 3 is 2.75 bits per heavy atom. The molecule has 0 saturated carbocycles. The highest BCUT2D eigenvalue weighted by Crippen LogP contribution is 2.39. The lowest BCUT2D eigenvalue weighted by atomic mass is 9.98. The van der Waals surface area contributed by atoms with E-state index >= 15 is 0 Å².